The van der Waals surface area contributed by atoms with E-state index < -0.39 is 24.7 Å². The van der Waals surface area contributed by atoms with Gasteiger partial charge in [-0.1, -0.05) is 20.8 Å². The van der Waals surface area contributed by atoms with Crippen LogP contribution in [0.15, 0.2) is 12.1 Å². The Hall–Kier alpha value is -1.08. The molecule has 0 saturated heterocycles. The lowest BCUT2D eigenvalue weighted by Crippen LogP contribution is -2.38. The normalized spacial score (nSPS) is 14.4. The fourth-order valence-corrected chi connectivity index (χ4v) is 2.62. The number of carbonyl (C=O) groups is 1. The first kappa shape index (κ1) is 16.0. The molecule has 1 amide bonds. The Morgan fingerprint density at radius 1 is 1.37 bits per heavy atom. The molecule has 0 aliphatic carbocycles. The third kappa shape index (κ3) is 4.83. The fraction of sp³-hybridized carbons (Fsp3) is 0.583. The van der Waals surface area contributed by atoms with Gasteiger partial charge in [-0.3, -0.25) is 10.1 Å². The summed E-state index contributed by atoms with van der Waals surface area (Å²) in [5.41, 5.74) is 5.04. The zero-order chi connectivity index (χ0) is 14.8. The molecule has 0 aromatic carbocycles. The minimum atomic E-state index is -4.38. The van der Waals surface area contributed by atoms with Crippen LogP contribution in [-0.4, -0.2) is 18.6 Å². The lowest BCUT2D eigenvalue weighted by Gasteiger charge is -2.17. The first-order valence-electron chi connectivity index (χ1n) is 5.70. The number of nitrogens with one attached hydrogen (secondary N) is 1. The molecule has 0 fully saturated rings. The van der Waals surface area contributed by atoms with Crippen molar-refractivity contribution >= 4 is 17.2 Å². The summed E-state index contributed by atoms with van der Waals surface area (Å²) < 4.78 is 36.5. The number of primary amides is 1. The standard InChI is InChI=1S/C12H17F3N2OS/c1-11(2,3)8-5-4-7(19-8)9(10(16)18)17-6-12(13,14)15/h4-5,9,17H,6H2,1-3H3,(H2,16,18). The van der Waals surface area contributed by atoms with Crippen LogP contribution in [0.4, 0.5) is 13.2 Å². The maximum Gasteiger partial charge on any atom is 0.401 e. The molecule has 0 radical (unpaired) electrons. The number of thiophene rings is 1. The maximum absolute atomic E-state index is 12.2. The van der Waals surface area contributed by atoms with Crippen molar-refractivity contribution in [1.82, 2.24) is 5.32 Å². The second-order valence-corrected chi connectivity index (χ2v) is 6.40. The Morgan fingerprint density at radius 3 is 2.32 bits per heavy atom. The molecule has 0 aliphatic rings. The molecule has 1 atom stereocenters. The Balaban J connectivity index is 2.88. The van der Waals surface area contributed by atoms with Crippen molar-refractivity contribution < 1.29 is 18.0 Å². The van der Waals surface area contributed by atoms with Crippen LogP contribution >= 0.6 is 11.3 Å². The summed E-state index contributed by atoms with van der Waals surface area (Å²) in [5, 5.41) is 2.15. The molecule has 3 nitrogen and oxygen atoms in total. The van der Waals surface area contributed by atoms with Gasteiger partial charge >= 0.3 is 6.18 Å². The Bertz CT molecular complexity index is 449. The van der Waals surface area contributed by atoms with Crippen LogP contribution in [0.3, 0.4) is 0 Å². The number of hydrogen-bond acceptors (Lipinski definition) is 3. The summed E-state index contributed by atoms with van der Waals surface area (Å²) in [6, 6.07) is 2.35. The molecule has 1 unspecified atom stereocenters. The number of carbonyl (C=O) groups excluding carboxylic acids is 1. The summed E-state index contributed by atoms with van der Waals surface area (Å²) in [5.74, 6) is -0.813. The van der Waals surface area contributed by atoms with Gasteiger partial charge in [0.15, 0.2) is 0 Å². The first-order valence-corrected chi connectivity index (χ1v) is 6.52. The van der Waals surface area contributed by atoms with Crippen molar-refractivity contribution in [3.05, 3.63) is 21.9 Å². The van der Waals surface area contributed by atoms with Crippen LogP contribution in [0.2, 0.25) is 0 Å². The Morgan fingerprint density at radius 2 is 1.95 bits per heavy atom. The highest BCUT2D eigenvalue weighted by atomic mass is 32.1. The van der Waals surface area contributed by atoms with E-state index in [4.69, 9.17) is 5.73 Å². The molecule has 0 bridgehead atoms. The lowest BCUT2D eigenvalue weighted by molar-refractivity contribution is -0.130. The number of rotatable bonds is 4. The van der Waals surface area contributed by atoms with E-state index >= 15 is 0 Å². The molecular formula is C12H17F3N2OS. The SMILES string of the molecule is CC(C)(C)c1ccc(C(NCC(F)(F)F)C(N)=O)s1. The van der Waals surface area contributed by atoms with Gasteiger partial charge < -0.3 is 5.73 Å². The van der Waals surface area contributed by atoms with Gasteiger partial charge in [0, 0.05) is 9.75 Å². The van der Waals surface area contributed by atoms with Crippen LogP contribution in [0.25, 0.3) is 0 Å². The zero-order valence-electron chi connectivity index (χ0n) is 11.0. The second kappa shape index (κ2) is 5.50. The number of halogens is 3. The van der Waals surface area contributed by atoms with Crippen molar-refractivity contribution in [2.75, 3.05) is 6.54 Å². The number of hydrogen-bond donors (Lipinski definition) is 2. The molecule has 0 spiro atoms. The summed E-state index contributed by atoms with van der Waals surface area (Å²) in [6.07, 6.45) is -4.38. The van der Waals surface area contributed by atoms with E-state index in [0.717, 1.165) is 4.88 Å². The monoisotopic (exact) mass is 294 g/mol. The van der Waals surface area contributed by atoms with Crippen molar-refractivity contribution in [3.8, 4) is 0 Å². The predicted octanol–water partition coefficient (Wildman–Crippen LogP) is 2.72. The number of alkyl halides is 3. The van der Waals surface area contributed by atoms with E-state index in [1.807, 2.05) is 26.8 Å². The van der Waals surface area contributed by atoms with Crippen molar-refractivity contribution in [2.45, 2.75) is 38.4 Å². The lowest BCUT2D eigenvalue weighted by atomic mass is 9.95. The van der Waals surface area contributed by atoms with E-state index in [1.54, 1.807) is 6.07 Å². The zero-order valence-corrected chi connectivity index (χ0v) is 11.8. The second-order valence-electron chi connectivity index (χ2n) is 5.28. The molecule has 7 heteroatoms. The Kier molecular flexibility index (Phi) is 4.63. The third-order valence-corrected chi connectivity index (χ3v) is 4.02. The van der Waals surface area contributed by atoms with Crippen LogP contribution < -0.4 is 11.1 Å². The largest absolute Gasteiger partial charge is 0.401 e. The highest BCUT2D eigenvalue weighted by Gasteiger charge is 2.31. The van der Waals surface area contributed by atoms with Crippen LogP contribution in [0.5, 0.6) is 0 Å². The quantitative estimate of drug-likeness (QED) is 0.897. The van der Waals surface area contributed by atoms with Gasteiger partial charge in [-0.25, -0.2) is 0 Å². The molecule has 1 aromatic heterocycles. The fourth-order valence-electron chi connectivity index (χ4n) is 1.47. The van der Waals surface area contributed by atoms with Crippen LogP contribution in [0.1, 0.15) is 36.6 Å². The van der Waals surface area contributed by atoms with Gasteiger partial charge in [0.2, 0.25) is 5.91 Å². The van der Waals surface area contributed by atoms with Gasteiger partial charge in [0.1, 0.15) is 6.04 Å². The Labute approximate surface area is 114 Å². The molecule has 108 valence electrons. The molecule has 19 heavy (non-hydrogen) atoms. The third-order valence-electron chi connectivity index (χ3n) is 2.44. The highest BCUT2D eigenvalue weighted by Crippen LogP contribution is 2.32. The highest BCUT2D eigenvalue weighted by molar-refractivity contribution is 7.12. The molecule has 1 aromatic rings. The molecule has 3 N–H and O–H groups in total. The van der Waals surface area contributed by atoms with Crippen molar-refractivity contribution in [1.29, 1.82) is 0 Å². The topological polar surface area (TPSA) is 55.1 Å². The minimum Gasteiger partial charge on any atom is -0.368 e. The summed E-state index contributed by atoms with van der Waals surface area (Å²) in [7, 11) is 0. The molecule has 1 rings (SSSR count). The van der Waals surface area contributed by atoms with E-state index in [1.165, 1.54) is 11.3 Å². The van der Waals surface area contributed by atoms with Crippen LogP contribution in [0, 0.1) is 0 Å². The van der Waals surface area contributed by atoms with E-state index in [0.29, 0.717) is 4.88 Å². The first-order chi connectivity index (χ1) is 8.50. The van der Waals surface area contributed by atoms with Crippen molar-refractivity contribution in [2.24, 2.45) is 5.73 Å². The smallest absolute Gasteiger partial charge is 0.368 e. The minimum absolute atomic E-state index is 0.116. The van der Waals surface area contributed by atoms with Gasteiger partial charge in [0.05, 0.1) is 6.54 Å². The predicted molar refractivity (Wildman–Crippen MR) is 69.0 cm³/mol. The number of nitrogens with two attached hydrogens (primary N) is 1. The van der Waals surface area contributed by atoms with Crippen LogP contribution in [-0.2, 0) is 10.2 Å². The average molecular weight is 294 g/mol. The van der Waals surface area contributed by atoms with Gasteiger partial charge in [-0.15, -0.1) is 11.3 Å². The number of amides is 1. The molecule has 0 aliphatic heterocycles. The van der Waals surface area contributed by atoms with E-state index in [2.05, 4.69) is 5.32 Å². The van der Waals surface area contributed by atoms with Gasteiger partial charge in [0.25, 0.3) is 0 Å². The summed E-state index contributed by atoms with van der Waals surface area (Å²) in [6.45, 7) is 4.73. The summed E-state index contributed by atoms with van der Waals surface area (Å²) >= 11 is 1.30. The van der Waals surface area contributed by atoms with Crippen molar-refractivity contribution in [3.63, 3.8) is 0 Å². The average Bonchev–Trinajstić information content (AvgIpc) is 2.63. The van der Waals surface area contributed by atoms with Gasteiger partial charge in [-0.2, -0.15) is 13.2 Å². The maximum atomic E-state index is 12.2. The van der Waals surface area contributed by atoms with E-state index in [-0.39, 0.29) is 5.41 Å². The van der Waals surface area contributed by atoms with Gasteiger partial charge in [-0.05, 0) is 17.5 Å². The molecular weight excluding hydrogens is 277 g/mol. The molecule has 0 saturated carbocycles. The van der Waals surface area contributed by atoms with E-state index in [9.17, 15) is 18.0 Å². The molecule has 1 heterocycles. The summed E-state index contributed by atoms with van der Waals surface area (Å²) in [4.78, 5) is 12.8.